The molecule has 0 aliphatic carbocycles. The minimum Gasteiger partial charge on any atom is -0.493 e. The Labute approximate surface area is 220 Å². The summed E-state index contributed by atoms with van der Waals surface area (Å²) in [6, 6.07) is 19.8. The van der Waals surface area contributed by atoms with E-state index in [0.717, 1.165) is 17.3 Å². The molecule has 176 valence electrons. The van der Waals surface area contributed by atoms with Crippen LogP contribution in [0.2, 0.25) is 5.02 Å². The molecule has 2 amide bonds. The number of hydrogen-bond donors (Lipinski definition) is 0. The summed E-state index contributed by atoms with van der Waals surface area (Å²) in [7, 11) is 1.53. The Morgan fingerprint density at radius 3 is 2.57 bits per heavy atom. The molecule has 1 saturated heterocycles. The van der Waals surface area contributed by atoms with Gasteiger partial charge >= 0.3 is 0 Å². The van der Waals surface area contributed by atoms with Gasteiger partial charge in [0, 0.05) is 5.02 Å². The van der Waals surface area contributed by atoms with Gasteiger partial charge in [0.1, 0.15) is 6.61 Å². The number of ether oxygens (including phenoxy) is 2. The number of hydrogen-bond acceptors (Lipinski definition) is 6. The number of halogens is 2. The summed E-state index contributed by atoms with van der Waals surface area (Å²) in [5.74, 6) is 0.589. The zero-order valence-corrected chi connectivity index (χ0v) is 21.6. The molecule has 1 heterocycles. The van der Waals surface area contributed by atoms with Crippen molar-refractivity contribution in [3.8, 4) is 17.6 Å². The number of benzene rings is 3. The summed E-state index contributed by atoms with van der Waals surface area (Å²) in [4.78, 5) is 26.9. The van der Waals surface area contributed by atoms with Crippen LogP contribution in [-0.2, 0) is 17.9 Å². The number of nitriles is 1. The van der Waals surface area contributed by atoms with Crippen LogP contribution >= 0.6 is 39.3 Å². The van der Waals surface area contributed by atoms with E-state index in [4.69, 9.17) is 26.3 Å². The zero-order valence-electron chi connectivity index (χ0n) is 18.5. The monoisotopic (exact) mass is 568 g/mol. The van der Waals surface area contributed by atoms with Crippen LogP contribution in [0.15, 0.2) is 70.0 Å². The number of nitrogens with zero attached hydrogens (tertiary/aromatic N) is 2. The Morgan fingerprint density at radius 2 is 1.89 bits per heavy atom. The summed E-state index contributed by atoms with van der Waals surface area (Å²) in [5, 5.41) is 9.08. The number of imide groups is 1. The van der Waals surface area contributed by atoms with Crippen molar-refractivity contribution in [2.75, 3.05) is 7.11 Å². The van der Waals surface area contributed by atoms with Crippen molar-refractivity contribution in [2.24, 2.45) is 0 Å². The third-order valence-electron chi connectivity index (χ3n) is 5.18. The van der Waals surface area contributed by atoms with Crippen LogP contribution in [0, 0.1) is 11.3 Å². The van der Waals surface area contributed by atoms with E-state index >= 15 is 0 Å². The molecule has 1 aliphatic rings. The number of carbonyl (C=O) groups is 2. The van der Waals surface area contributed by atoms with Crippen molar-refractivity contribution in [3.63, 3.8) is 0 Å². The second-order valence-corrected chi connectivity index (χ2v) is 9.75. The predicted molar refractivity (Wildman–Crippen MR) is 139 cm³/mol. The van der Waals surface area contributed by atoms with E-state index in [1.165, 1.54) is 12.0 Å². The molecule has 0 unspecified atom stereocenters. The van der Waals surface area contributed by atoms with Gasteiger partial charge in [-0.2, -0.15) is 5.26 Å². The molecule has 0 bridgehead atoms. The summed E-state index contributed by atoms with van der Waals surface area (Å²) in [6.45, 7) is 0.387. The molecule has 0 N–H and O–H groups in total. The molecule has 9 heteroatoms. The van der Waals surface area contributed by atoms with Gasteiger partial charge in [0.2, 0.25) is 0 Å². The fraction of sp³-hybridized carbons (Fsp3) is 0.115. The fourth-order valence-corrected chi connectivity index (χ4v) is 4.99. The van der Waals surface area contributed by atoms with E-state index < -0.39 is 0 Å². The minimum atomic E-state index is -0.379. The van der Waals surface area contributed by atoms with E-state index in [-0.39, 0.29) is 24.3 Å². The molecule has 1 fully saturated rings. The van der Waals surface area contributed by atoms with Crippen LogP contribution in [0.5, 0.6) is 11.5 Å². The maximum Gasteiger partial charge on any atom is 0.293 e. The van der Waals surface area contributed by atoms with E-state index in [0.29, 0.717) is 42.6 Å². The van der Waals surface area contributed by atoms with Crippen LogP contribution in [0.25, 0.3) is 6.08 Å². The van der Waals surface area contributed by atoms with Crippen LogP contribution < -0.4 is 9.47 Å². The lowest BCUT2D eigenvalue weighted by molar-refractivity contribution is -0.123. The summed E-state index contributed by atoms with van der Waals surface area (Å²) < 4.78 is 12.1. The van der Waals surface area contributed by atoms with Gasteiger partial charge in [-0.25, -0.2) is 0 Å². The third kappa shape index (κ3) is 5.70. The molecule has 1 aliphatic heterocycles. The van der Waals surface area contributed by atoms with Crippen molar-refractivity contribution in [1.29, 1.82) is 5.26 Å². The largest absolute Gasteiger partial charge is 0.493 e. The first-order valence-corrected chi connectivity index (χ1v) is 12.4. The van der Waals surface area contributed by atoms with E-state index in [9.17, 15) is 9.59 Å². The lowest BCUT2D eigenvalue weighted by Crippen LogP contribution is -2.27. The van der Waals surface area contributed by atoms with Gasteiger partial charge in [0.25, 0.3) is 11.1 Å². The molecule has 0 aromatic heterocycles. The van der Waals surface area contributed by atoms with Crippen molar-refractivity contribution < 1.29 is 19.1 Å². The summed E-state index contributed by atoms with van der Waals surface area (Å²) in [6.07, 6.45) is 1.65. The van der Waals surface area contributed by atoms with Crippen LogP contribution in [0.4, 0.5) is 4.79 Å². The normalized spacial score (nSPS) is 14.3. The average molecular weight is 570 g/mol. The highest BCUT2D eigenvalue weighted by Crippen LogP contribution is 2.40. The van der Waals surface area contributed by atoms with Crippen LogP contribution in [0.3, 0.4) is 0 Å². The first-order chi connectivity index (χ1) is 16.9. The first-order valence-electron chi connectivity index (χ1n) is 10.4. The highest BCUT2D eigenvalue weighted by atomic mass is 79.9. The predicted octanol–water partition coefficient (Wildman–Crippen LogP) is 6.80. The smallest absolute Gasteiger partial charge is 0.293 e. The van der Waals surface area contributed by atoms with Crippen molar-refractivity contribution >= 4 is 56.5 Å². The topological polar surface area (TPSA) is 79.6 Å². The maximum absolute atomic E-state index is 12.9. The molecule has 3 aromatic carbocycles. The molecule has 6 nitrogen and oxygen atoms in total. The Balaban J connectivity index is 1.52. The standard InChI is InChI=1S/C26H18BrClN2O4S/c1-33-22-11-18(10-20(27)24(22)34-15-17-8-6-16(13-29)7-9-17)12-23-25(31)30(26(32)35-23)14-19-4-2-3-5-21(19)28/h2-12H,14-15H2,1H3/b23-12+. The van der Waals surface area contributed by atoms with Crippen LogP contribution in [0.1, 0.15) is 22.3 Å². The molecular formula is C26H18BrClN2O4S. The van der Waals surface area contributed by atoms with Crippen molar-refractivity contribution in [3.05, 3.63) is 97.3 Å². The highest BCUT2D eigenvalue weighted by molar-refractivity contribution is 9.10. The van der Waals surface area contributed by atoms with Gasteiger partial charge in [-0.3, -0.25) is 14.5 Å². The van der Waals surface area contributed by atoms with E-state index in [1.807, 2.05) is 18.2 Å². The van der Waals surface area contributed by atoms with Gasteiger partial charge in [0.05, 0.1) is 34.7 Å². The fourth-order valence-electron chi connectivity index (χ4n) is 3.38. The molecule has 3 aromatic rings. The zero-order chi connectivity index (χ0) is 24.9. The van der Waals surface area contributed by atoms with Gasteiger partial charge in [-0.05, 0) is 80.8 Å². The van der Waals surface area contributed by atoms with E-state index in [2.05, 4.69) is 22.0 Å². The molecule has 0 spiro atoms. The second-order valence-electron chi connectivity index (χ2n) is 7.49. The molecular weight excluding hydrogens is 552 g/mol. The second kappa shape index (κ2) is 11.0. The number of amides is 2. The Kier molecular flexibility index (Phi) is 7.81. The highest BCUT2D eigenvalue weighted by Gasteiger charge is 2.35. The van der Waals surface area contributed by atoms with E-state index in [1.54, 1.807) is 48.5 Å². The first kappa shape index (κ1) is 24.9. The quantitative estimate of drug-likeness (QED) is 0.291. The Bertz CT molecular complexity index is 1370. The SMILES string of the molecule is COc1cc(/C=C2/SC(=O)N(Cc3ccccc3Cl)C2=O)cc(Br)c1OCc1ccc(C#N)cc1. The lowest BCUT2D eigenvalue weighted by Gasteiger charge is -2.14. The molecule has 0 atom stereocenters. The van der Waals surface area contributed by atoms with Crippen molar-refractivity contribution in [2.45, 2.75) is 13.2 Å². The van der Waals surface area contributed by atoms with Gasteiger partial charge in [-0.1, -0.05) is 41.9 Å². The number of rotatable bonds is 7. The Hall–Kier alpha value is -3.25. The van der Waals surface area contributed by atoms with Gasteiger partial charge in [0.15, 0.2) is 11.5 Å². The lowest BCUT2D eigenvalue weighted by atomic mass is 10.1. The number of carbonyl (C=O) groups excluding carboxylic acids is 2. The molecule has 35 heavy (non-hydrogen) atoms. The third-order valence-corrected chi connectivity index (χ3v) is 7.04. The maximum atomic E-state index is 12.9. The minimum absolute atomic E-state index is 0.108. The summed E-state index contributed by atoms with van der Waals surface area (Å²) >= 11 is 10.6. The van der Waals surface area contributed by atoms with Gasteiger partial charge in [-0.15, -0.1) is 0 Å². The Morgan fingerprint density at radius 1 is 1.14 bits per heavy atom. The molecule has 0 saturated carbocycles. The number of thioether (sulfide) groups is 1. The molecule has 0 radical (unpaired) electrons. The summed E-state index contributed by atoms with van der Waals surface area (Å²) in [5.41, 5.74) is 2.84. The molecule has 4 rings (SSSR count). The van der Waals surface area contributed by atoms with Gasteiger partial charge < -0.3 is 9.47 Å². The van der Waals surface area contributed by atoms with Crippen molar-refractivity contribution in [1.82, 2.24) is 4.90 Å². The van der Waals surface area contributed by atoms with Crippen LogP contribution in [-0.4, -0.2) is 23.2 Å². The average Bonchev–Trinajstić information content (AvgIpc) is 3.12. The number of methoxy groups -OCH3 is 1.